The Morgan fingerprint density at radius 3 is 2.90 bits per heavy atom. The summed E-state index contributed by atoms with van der Waals surface area (Å²) in [5.41, 5.74) is 1.42. The van der Waals surface area contributed by atoms with E-state index in [1.807, 2.05) is 4.90 Å². The average molecular weight is 403 g/mol. The number of ether oxygens (including phenoxy) is 2. The van der Waals surface area contributed by atoms with Crippen molar-refractivity contribution >= 4 is 23.2 Å². The molecule has 0 aliphatic carbocycles. The highest BCUT2D eigenvalue weighted by atomic mass is 19.1. The van der Waals surface area contributed by atoms with Crippen LogP contribution in [0.25, 0.3) is 0 Å². The molecule has 0 spiro atoms. The zero-order valence-electron chi connectivity index (χ0n) is 15.6. The van der Waals surface area contributed by atoms with Crippen molar-refractivity contribution in [3.63, 3.8) is 0 Å². The number of fused-ring (bicyclic) bond motifs is 2. The van der Waals surface area contributed by atoms with Crippen molar-refractivity contribution in [1.82, 2.24) is 5.32 Å². The fourth-order valence-electron chi connectivity index (χ4n) is 3.51. The number of carbonyl (C=O) groups is 2. The van der Waals surface area contributed by atoms with Crippen molar-refractivity contribution in [3.05, 3.63) is 47.5 Å². The second-order valence-electron chi connectivity index (χ2n) is 6.87. The van der Waals surface area contributed by atoms with Gasteiger partial charge >= 0.3 is 0 Å². The van der Waals surface area contributed by atoms with E-state index in [-0.39, 0.29) is 55.5 Å². The maximum absolute atomic E-state index is 14.5. The molecule has 0 unspecified atom stereocenters. The van der Waals surface area contributed by atoms with Gasteiger partial charge in [-0.15, -0.1) is 0 Å². The lowest BCUT2D eigenvalue weighted by Gasteiger charge is -2.38. The number of hydrogen-bond acceptors (Lipinski definition) is 5. The maximum atomic E-state index is 14.5. The van der Waals surface area contributed by atoms with Gasteiger partial charge in [-0.05, 0) is 29.8 Å². The molecule has 0 fully saturated rings. The predicted octanol–water partition coefficient (Wildman–Crippen LogP) is 2.20. The summed E-state index contributed by atoms with van der Waals surface area (Å²) < 4.78 is 38.9. The minimum Gasteiger partial charge on any atom is -0.489 e. The van der Waals surface area contributed by atoms with Crippen LogP contribution in [-0.4, -0.2) is 38.1 Å². The van der Waals surface area contributed by atoms with Crippen LogP contribution in [0.15, 0.2) is 30.3 Å². The van der Waals surface area contributed by atoms with Crippen molar-refractivity contribution in [2.75, 3.05) is 30.5 Å². The highest BCUT2D eigenvalue weighted by Gasteiger charge is 2.30. The van der Waals surface area contributed by atoms with E-state index in [4.69, 9.17) is 9.47 Å². The summed E-state index contributed by atoms with van der Waals surface area (Å²) >= 11 is 0. The molecule has 7 nitrogen and oxygen atoms in total. The first-order chi connectivity index (χ1) is 13.9. The normalized spacial score (nSPS) is 17.4. The standard InChI is InChI=1S/C20H19F2N3O4/c1-23-18(26)7-13-9-28-17-6-12(21)2-3-16(17)25(13)8-11-4-14(22)20-15(5-11)24-19(27)10-29-20/h2-6,13H,7-10H2,1H3,(H,23,26)(H,24,27)/t13-/m0/s1. The number of rotatable bonds is 4. The summed E-state index contributed by atoms with van der Waals surface area (Å²) in [5, 5.41) is 5.18. The van der Waals surface area contributed by atoms with Crippen LogP contribution in [0.2, 0.25) is 0 Å². The Kier molecular flexibility index (Phi) is 4.96. The van der Waals surface area contributed by atoms with Crippen LogP contribution in [0.5, 0.6) is 11.5 Å². The van der Waals surface area contributed by atoms with Crippen molar-refractivity contribution in [2.24, 2.45) is 0 Å². The third kappa shape index (κ3) is 3.80. The third-order valence-corrected chi connectivity index (χ3v) is 4.88. The van der Waals surface area contributed by atoms with Gasteiger partial charge in [0, 0.05) is 19.7 Å². The minimum absolute atomic E-state index is 0.000269. The van der Waals surface area contributed by atoms with Gasteiger partial charge in [0.15, 0.2) is 18.2 Å². The Hall–Kier alpha value is -3.36. The molecule has 0 saturated carbocycles. The van der Waals surface area contributed by atoms with Gasteiger partial charge in [-0.25, -0.2) is 8.78 Å². The molecule has 2 amide bonds. The molecule has 0 radical (unpaired) electrons. The fraction of sp³-hybridized carbons (Fsp3) is 0.300. The van der Waals surface area contributed by atoms with E-state index in [1.165, 1.54) is 18.2 Å². The first-order valence-corrected chi connectivity index (χ1v) is 9.09. The molecule has 2 aliphatic rings. The molecule has 2 aromatic rings. The van der Waals surface area contributed by atoms with Gasteiger partial charge < -0.3 is 25.0 Å². The van der Waals surface area contributed by atoms with Gasteiger partial charge in [-0.1, -0.05) is 0 Å². The Morgan fingerprint density at radius 1 is 1.28 bits per heavy atom. The second kappa shape index (κ2) is 7.57. The Balaban J connectivity index is 1.69. The summed E-state index contributed by atoms with van der Waals surface area (Å²) in [6.45, 7) is 0.167. The van der Waals surface area contributed by atoms with E-state index in [0.29, 0.717) is 17.0 Å². The lowest BCUT2D eigenvalue weighted by molar-refractivity contribution is -0.121. The fourth-order valence-corrected chi connectivity index (χ4v) is 3.51. The van der Waals surface area contributed by atoms with E-state index >= 15 is 0 Å². The van der Waals surface area contributed by atoms with Gasteiger partial charge in [0.1, 0.15) is 18.2 Å². The monoisotopic (exact) mass is 403 g/mol. The predicted molar refractivity (Wildman–Crippen MR) is 101 cm³/mol. The smallest absolute Gasteiger partial charge is 0.262 e. The average Bonchev–Trinajstić information content (AvgIpc) is 2.69. The van der Waals surface area contributed by atoms with Crippen LogP contribution in [0.4, 0.5) is 20.2 Å². The zero-order chi connectivity index (χ0) is 20.5. The highest BCUT2D eigenvalue weighted by molar-refractivity contribution is 5.95. The number of hydrogen-bond donors (Lipinski definition) is 2. The van der Waals surface area contributed by atoms with E-state index < -0.39 is 11.6 Å². The lowest BCUT2D eigenvalue weighted by atomic mass is 10.1. The molecule has 0 aromatic heterocycles. The van der Waals surface area contributed by atoms with Crippen LogP contribution in [0, 0.1) is 11.6 Å². The molecular weight excluding hydrogens is 384 g/mol. The molecule has 2 N–H and O–H groups in total. The zero-order valence-corrected chi connectivity index (χ0v) is 15.6. The Morgan fingerprint density at radius 2 is 2.10 bits per heavy atom. The topological polar surface area (TPSA) is 79.9 Å². The molecule has 9 heteroatoms. The molecular formula is C20H19F2N3O4. The molecule has 0 saturated heterocycles. The minimum atomic E-state index is -0.590. The van der Waals surface area contributed by atoms with Crippen molar-refractivity contribution < 1.29 is 27.8 Å². The lowest BCUT2D eigenvalue weighted by Crippen LogP contribution is -2.45. The number of benzene rings is 2. The number of nitrogens with zero attached hydrogens (tertiary/aromatic N) is 1. The van der Waals surface area contributed by atoms with Gasteiger partial charge in [-0.2, -0.15) is 0 Å². The molecule has 0 bridgehead atoms. The second-order valence-corrected chi connectivity index (χ2v) is 6.87. The van der Waals surface area contributed by atoms with E-state index in [1.54, 1.807) is 19.2 Å². The van der Waals surface area contributed by atoms with Gasteiger partial charge in [0.2, 0.25) is 5.91 Å². The summed E-state index contributed by atoms with van der Waals surface area (Å²) in [6, 6.07) is 6.77. The molecule has 4 rings (SSSR count). The number of carbonyl (C=O) groups excluding carboxylic acids is 2. The van der Waals surface area contributed by atoms with Crippen LogP contribution >= 0.6 is 0 Å². The molecule has 2 aliphatic heterocycles. The first kappa shape index (κ1) is 19.0. The molecule has 29 heavy (non-hydrogen) atoms. The van der Waals surface area contributed by atoms with E-state index in [9.17, 15) is 18.4 Å². The molecule has 152 valence electrons. The summed E-state index contributed by atoms with van der Waals surface area (Å²) in [5.74, 6) is -1.21. The van der Waals surface area contributed by atoms with Crippen molar-refractivity contribution in [2.45, 2.75) is 19.0 Å². The third-order valence-electron chi connectivity index (χ3n) is 4.88. The Labute approximate surface area is 165 Å². The molecule has 1 atom stereocenters. The SMILES string of the molecule is CNC(=O)C[C@H]1COc2cc(F)ccc2N1Cc1cc(F)c2c(c1)NC(=O)CO2. The van der Waals surface area contributed by atoms with Crippen molar-refractivity contribution in [3.8, 4) is 11.5 Å². The van der Waals surface area contributed by atoms with Crippen LogP contribution in [0.3, 0.4) is 0 Å². The van der Waals surface area contributed by atoms with E-state index in [0.717, 1.165) is 0 Å². The van der Waals surface area contributed by atoms with E-state index in [2.05, 4.69) is 10.6 Å². The maximum Gasteiger partial charge on any atom is 0.262 e. The van der Waals surface area contributed by atoms with Crippen LogP contribution in [-0.2, 0) is 16.1 Å². The quantitative estimate of drug-likeness (QED) is 0.818. The van der Waals surface area contributed by atoms with Gasteiger partial charge in [0.05, 0.1) is 23.8 Å². The number of halogens is 2. The largest absolute Gasteiger partial charge is 0.489 e. The molecule has 2 aromatic carbocycles. The summed E-state index contributed by atoms with van der Waals surface area (Å²) in [7, 11) is 1.54. The summed E-state index contributed by atoms with van der Waals surface area (Å²) in [4.78, 5) is 25.4. The molecule has 2 heterocycles. The number of nitrogens with one attached hydrogen (secondary N) is 2. The highest BCUT2D eigenvalue weighted by Crippen LogP contribution is 2.38. The van der Waals surface area contributed by atoms with Crippen molar-refractivity contribution in [1.29, 1.82) is 0 Å². The Bertz CT molecular complexity index is 982. The van der Waals surface area contributed by atoms with Crippen LogP contribution in [0.1, 0.15) is 12.0 Å². The number of anilines is 2. The summed E-state index contributed by atoms with van der Waals surface area (Å²) in [6.07, 6.45) is 0.153. The first-order valence-electron chi connectivity index (χ1n) is 9.09. The number of amides is 2. The van der Waals surface area contributed by atoms with Gasteiger partial charge in [0.25, 0.3) is 5.91 Å². The van der Waals surface area contributed by atoms with Gasteiger partial charge in [-0.3, -0.25) is 9.59 Å². The van der Waals surface area contributed by atoms with Crippen LogP contribution < -0.4 is 25.0 Å².